The fourth-order valence-electron chi connectivity index (χ4n) is 1.56. The van der Waals surface area contributed by atoms with Crippen LogP contribution in [0.5, 0.6) is 0 Å². The lowest BCUT2D eigenvalue weighted by molar-refractivity contribution is 0.0624. The normalized spacial score (nSPS) is 20.9. The van der Waals surface area contributed by atoms with Gasteiger partial charge in [0.2, 0.25) is 0 Å². The van der Waals surface area contributed by atoms with E-state index >= 15 is 0 Å². The van der Waals surface area contributed by atoms with Crippen LogP contribution in [0.4, 0.5) is 9.59 Å². The third-order valence-corrected chi connectivity index (χ3v) is 2.80. The van der Waals surface area contributed by atoms with Crippen molar-refractivity contribution in [2.45, 2.75) is 13.1 Å². The molecule has 0 aromatic carbocycles. The Balaban J connectivity index is 2.95. The Morgan fingerprint density at radius 2 is 1.27 bits per heavy atom. The maximum Gasteiger partial charge on any atom is 0.322 e. The molecule has 1 heterocycles. The van der Waals surface area contributed by atoms with Gasteiger partial charge in [-0.05, 0) is 6.92 Å². The zero-order valence-corrected chi connectivity index (χ0v) is 9.89. The maximum atomic E-state index is 11.8. The van der Waals surface area contributed by atoms with Crippen LogP contribution in [0.2, 0.25) is 0 Å². The second kappa shape index (κ2) is 3.96. The highest BCUT2D eigenvalue weighted by Crippen LogP contribution is 2.11. The Kier molecular flexibility index (Phi) is 3.06. The van der Waals surface area contributed by atoms with Crippen LogP contribution >= 0.6 is 0 Å². The van der Waals surface area contributed by atoms with Gasteiger partial charge in [0.25, 0.3) is 0 Å². The summed E-state index contributed by atoms with van der Waals surface area (Å²) in [6.07, 6.45) is -0.241. The highest BCUT2D eigenvalue weighted by Gasteiger charge is 2.30. The molecule has 15 heavy (non-hydrogen) atoms. The lowest BCUT2D eigenvalue weighted by Crippen LogP contribution is -2.59. The number of carbonyl (C=O) groups excluding carboxylic acids is 2. The van der Waals surface area contributed by atoms with Crippen molar-refractivity contribution in [3.63, 3.8) is 0 Å². The quantitative estimate of drug-likeness (QED) is 0.581. The average molecular weight is 214 g/mol. The van der Waals surface area contributed by atoms with Gasteiger partial charge in [0.15, 0.2) is 0 Å². The first kappa shape index (κ1) is 11.6. The van der Waals surface area contributed by atoms with Gasteiger partial charge in [-0.2, -0.15) is 0 Å². The summed E-state index contributed by atoms with van der Waals surface area (Å²) in [6.45, 7) is 2.13. The minimum atomic E-state index is -0.241. The minimum Gasteiger partial charge on any atom is -0.310 e. The zero-order chi connectivity index (χ0) is 11.7. The second-order valence-electron chi connectivity index (χ2n) is 3.96. The second-order valence-corrected chi connectivity index (χ2v) is 3.96. The molecule has 0 atom stereocenters. The van der Waals surface area contributed by atoms with E-state index in [1.165, 1.54) is 9.80 Å². The summed E-state index contributed by atoms with van der Waals surface area (Å²) in [7, 11) is 6.75. The molecule has 6 nitrogen and oxygen atoms in total. The smallest absolute Gasteiger partial charge is 0.310 e. The summed E-state index contributed by atoms with van der Waals surface area (Å²) in [4.78, 5) is 29.7. The van der Waals surface area contributed by atoms with E-state index in [1.54, 1.807) is 38.0 Å². The average Bonchev–Trinajstić information content (AvgIpc) is 2.22. The van der Waals surface area contributed by atoms with Crippen LogP contribution in [0.1, 0.15) is 6.92 Å². The van der Waals surface area contributed by atoms with Gasteiger partial charge in [0.05, 0.1) is 6.67 Å². The first-order valence-electron chi connectivity index (χ1n) is 4.82. The lowest BCUT2D eigenvalue weighted by Gasteiger charge is -2.41. The van der Waals surface area contributed by atoms with Crippen LogP contribution in [0.3, 0.4) is 0 Å². The van der Waals surface area contributed by atoms with Crippen LogP contribution in [0, 0.1) is 0 Å². The van der Waals surface area contributed by atoms with E-state index in [-0.39, 0.29) is 18.2 Å². The van der Waals surface area contributed by atoms with Gasteiger partial charge in [-0.3, -0.25) is 0 Å². The largest absolute Gasteiger partial charge is 0.322 e. The monoisotopic (exact) mass is 214 g/mol. The number of amides is 4. The zero-order valence-electron chi connectivity index (χ0n) is 9.89. The Hall–Kier alpha value is -1.46. The molecule has 1 saturated heterocycles. The third-order valence-electron chi connectivity index (χ3n) is 2.80. The van der Waals surface area contributed by atoms with Crippen molar-refractivity contribution in [3.05, 3.63) is 0 Å². The van der Waals surface area contributed by atoms with Gasteiger partial charge >= 0.3 is 12.1 Å². The summed E-state index contributed by atoms with van der Waals surface area (Å²) in [5, 5.41) is 0. The van der Waals surface area contributed by atoms with Crippen molar-refractivity contribution >= 4 is 12.1 Å². The van der Waals surface area contributed by atoms with Gasteiger partial charge in [0, 0.05) is 28.2 Å². The van der Waals surface area contributed by atoms with E-state index < -0.39 is 0 Å². The Labute approximate surface area is 90.0 Å². The third kappa shape index (κ3) is 1.98. The maximum absolute atomic E-state index is 11.8. The van der Waals surface area contributed by atoms with Gasteiger partial charge in [0.1, 0.15) is 6.17 Å². The number of nitrogens with zero attached hydrogens (tertiary/aromatic N) is 4. The van der Waals surface area contributed by atoms with Crippen molar-refractivity contribution < 1.29 is 9.59 Å². The number of carbonyl (C=O) groups is 2. The Morgan fingerprint density at radius 3 is 1.60 bits per heavy atom. The molecule has 1 aliphatic heterocycles. The molecule has 6 heteroatoms. The van der Waals surface area contributed by atoms with E-state index in [1.807, 2.05) is 6.92 Å². The van der Waals surface area contributed by atoms with Gasteiger partial charge in [-0.25, -0.2) is 9.59 Å². The predicted molar refractivity (Wildman–Crippen MR) is 56.2 cm³/mol. The minimum absolute atomic E-state index is 0.0892. The van der Waals surface area contributed by atoms with Crippen LogP contribution in [-0.2, 0) is 0 Å². The summed E-state index contributed by atoms with van der Waals surface area (Å²) in [6, 6.07) is -0.178. The molecule has 0 aliphatic carbocycles. The van der Waals surface area contributed by atoms with Crippen LogP contribution < -0.4 is 0 Å². The van der Waals surface area contributed by atoms with Crippen molar-refractivity contribution in [1.82, 2.24) is 19.6 Å². The molecule has 0 bridgehead atoms. The molecular formula is C9H18N4O2. The van der Waals surface area contributed by atoms with Crippen molar-refractivity contribution in [3.8, 4) is 0 Å². The summed E-state index contributed by atoms with van der Waals surface area (Å²) >= 11 is 0. The Bertz CT molecular complexity index is 255. The molecule has 0 spiro atoms. The van der Waals surface area contributed by atoms with E-state index in [4.69, 9.17) is 0 Å². The van der Waals surface area contributed by atoms with Gasteiger partial charge in [-0.1, -0.05) is 0 Å². The first-order valence-corrected chi connectivity index (χ1v) is 4.82. The van der Waals surface area contributed by atoms with E-state index in [9.17, 15) is 9.59 Å². The van der Waals surface area contributed by atoms with Crippen LogP contribution in [0.25, 0.3) is 0 Å². The number of urea groups is 2. The van der Waals surface area contributed by atoms with Crippen molar-refractivity contribution in [2.75, 3.05) is 34.9 Å². The van der Waals surface area contributed by atoms with Crippen molar-refractivity contribution in [2.24, 2.45) is 0 Å². The fraction of sp³-hybridized carbons (Fsp3) is 0.778. The SMILES string of the molecule is CC1N(C)C(=O)N(C)CN(C)C(=O)N1C. The van der Waals surface area contributed by atoms with E-state index in [0.29, 0.717) is 6.67 Å². The van der Waals surface area contributed by atoms with Gasteiger partial charge < -0.3 is 19.6 Å². The highest BCUT2D eigenvalue weighted by molar-refractivity contribution is 5.79. The molecule has 0 N–H and O–H groups in total. The Morgan fingerprint density at radius 1 is 0.933 bits per heavy atom. The van der Waals surface area contributed by atoms with Crippen molar-refractivity contribution in [1.29, 1.82) is 0 Å². The molecule has 4 amide bonds. The molecule has 0 unspecified atom stereocenters. The molecule has 0 radical (unpaired) electrons. The fourth-order valence-corrected chi connectivity index (χ4v) is 1.56. The molecule has 1 rings (SSSR count). The summed E-state index contributed by atoms with van der Waals surface area (Å²) in [5.74, 6) is 0. The number of rotatable bonds is 0. The topological polar surface area (TPSA) is 47.1 Å². The van der Waals surface area contributed by atoms with Crippen LogP contribution in [0.15, 0.2) is 0 Å². The van der Waals surface area contributed by atoms with Crippen LogP contribution in [-0.4, -0.2) is 72.7 Å². The lowest BCUT2D eigenvalue weighted by atomic mass is 10.4. The predicted octanol–water partition coefficient (Wildman–Crippen LogP) is 0.271. The first-order chi connectivity index (χ1) is 6.86. The molecule has 0 aromatic heterocycles. The summed E-state index contributed by atoms with van der Waals surface area (Å²) < 4.78 is 0. The summed E-state index contributed by atoms with van der Waals surface area (Å²) in [5.41, 5.74) is 0. The molecular weight excluding hydrogens is 196 g/mol. The molecule has 1 fully saturated rings. The molecule has 1 aliphatic rings. The standard InChI is InChI=1S/C9H18N4O2/c1-7-12(4)8(14)10(2)6-11(3)9(15)13(7)5/h7H,6H2,1-5H3. The molecule has 0 saturated carbocycles. The van der Waals surface area contributed by atoms with E-state index in [0.717, 1.165) is 0 Å². The van der Waals surface area contributed by atoms with E-state index in [2.05, 4.69) is 0 Å². The number of hydrogen-bond donors (Lipinski definition) is 0. The number of hydrogen-bond acceptors (Lipinski definition) is 2. The highest BCUT2D eigenvalue weighted by atomic mass is 16.2. The molecule has 0 aromatic rings. The molecule has 86 valence electrons. The van der Waals surface area contributed by atoms with Gasteiger partial charge in [-0.15, -0.1) is 0 Å².